The van der Waals surface area contributed by atoms with Crippen LogP contribution in [0.4, 0.5) is 0 Å². The van der Waals surface area contributed by atoms with Gasteiger partial charge in [-0.3, -0.25) is 14.2 Å². The number of esters is 2. The summed E-state index contributed by atoms with van der Waals surface area (Å²) in [5.41, 5.74) is 2.12. The highest BCUT2D eigenvalue weighted by Crippen LogP contribution is 2.31. The molecule has 0 saturated carbocycles. The Morgan fingerprint density at radius 2 is 1.82 bits per heavy atom. The van der Waals surface area contributed by atoms with E-state index in [2.05, 4.69) is 4.99 Å². The largest absolute Gasteiger partial charge is 0.463 e. The van der Waals surface area contributed by atoms with E-state index in [1.165, 1.54) is 22.8 Å². The Kier molecular flexibility index (Phi) is 6.37. The van der Waals surface area contributed by atoms with Crippen molar-refractivity contribution in [2.24, 2.45) is 4.99 Å². The number of thiazole rings is 1. The number of allylic oxidation sites excluding steroid dienone is 1. The van der Waals surface area contributed by atoms with Gasteiger partial charge in [0.15, 0.2) is 4.80 Å². The topological polar surface area (TPSA) is 87.0 Å². The average Bonchev–Trinajstić information content (AvgIpc) is 3.08. The van der Waals surface area contributed by atoms with Crippen LogP contribution in [0.25, 0.3) is 6.08 Å². The Labute approximate surface area is 193 Å². The third-order valence-corrected chi connectivity index (χ3v) is 6.05. The highest BCUT2D eigenvalue weighted by molar-refractivity contribution is 7.07. The van der Waals surface area contributed by atoms with E-state index in [-0.39, 0.29) is 12.2 Å². The lowest BCUT2D eigenvalue weighted by Gasteiger charge is -2.24. The van der Waals surface area contributed by atoms with Crippen molar-refractivity contribution < 1.29 is 19.1 Å². The number of hydrogen-bond acceptors (Lipinski definition) is 7. The van der Waals surface area contributed by atoms with E-state index in [9.17, 15) is 14.4 Å². The second kappa shape index (κ2) is 9.38. The van der Waals surface area contributed by atoms with E-state index in [1.54, 1.807) is 38.1 Å². The summed E-state index contributed by atoms with van der Waals surface area (Å²) in [7, 11) is 0. The van der Waals surface area contributed by atoms with Crippen LogP contribution < -0.4 is 19.6 Å². The van der Waals surface area contributed by atoms with Crippen LogP contribution in [0.2, 0.25) is 0 Å². The molecule has 168 valence electrons. The molecule has 8 heteroatoms. The van der Waals surface area contributed by atoms with Crippen LogP contribution in [0.5, 0.6) is 5.75 Å². The van der Waals surface area contributed by atoms with E-state index in [4.69, 9.17) is 9.47 Å². The molecule has 0 aliphatic carbocycles. The number of carbonyl (C=O) groups is 2. The van der Waals surface area contributed by atoms with Gasteiger partial charge in [0.25, 0.3) is 5.56 Å². The lowest BCUT2D eigenvalue weighted by atomic mass is 9.96. The van der Waals surface area contributed by atoms with Crippen molar-refractivity contribution >= 4 is 29.4 Å². The molecule has 0 bridgehead atoms. The van der Waals surface area contributed by atoms with E-state index >= 15 is 0 Å². The predicted molar refractivity (Wildman–Crippen MR) is 125 cm³/mol. The van der Waals surface area contributed by atoms with Gasteiger partial charge >= 0.3 is 11.9 Å². The monoisotopic (exact) mass is 462 g/mol. The van der Waals surface area contributed by atoms with Gasteiger partial charge in [-0.05, 0) is 43.2 Å². The minimum absolute atomic E-state index is 0.201. The van der Waals surface area contributed by atoms with Gasteiger partial charge in [-0.2, -0.15) is 0 Å². The summed E-state index contributed by atoms with van der Waals surface area (Å²) in [6, 6.07) is 15.6. The maximum atomic E-state index is 13.5. The molecule has 3 aromatic rings. The molecule has 1 atom stereocenters. The highest BCUT2D eigenvalue weighted by Gasteiger charge is 2.33. The summed E-state index contributed by atoms with van der Waals surface area (Å²) in [5.74, 6) is -0.578. The van der Waals surface area contributed by atoms with Gasteiger partial charge < -0.3 is 9.47 Å². The quantitative estimate of drug-likeness (QED) is 0.430. The molecule has 1 aliphatic rings. The van der Waals surface area contributed by atoms with Crippen molar-refractivity contribution in [2.45, 2.75) is 26.8 Å². The Morgan fingerprint density at radius 3 is 2.45 bits per heavy atom. The molecule has 2 aromatic carbocycles. The van der Waals surface area contributed by atoms with Crippen LogP contribution in [0, 0.1) is 0 Å². The van der Waals surface area contributed by atoms with Crippen LogP contribution in [0.3, 0.4) is 0 Å². The minimum atomic E-state index is -0.718. The third-order valence-electron chi connectivity index (χ3n) is 5.07. The fourth-order valence-corrected chi connectivity index (χ4v) is 4.74. The van der Waals surface area contributed by atoms with Crippen molar-refractivity contribution in [1.29, 1.82) is 0 Å². The molecule has 0 spiro atoms. The summed E-state index contributed by atoms with van der Waals surface area (Å²) >= 11 is 1.27. The maximum absolute atomic E-state index is 13.5. The third kappa shape index (κ3) is 4.56. The number of carbonyl (C=O) groups excluding carboxylic acids is 2. The second-order valence-electron chi connectivity index (χ2n) is 7.38. The molecule has 4 rings (SSSR count). The standard InChI is InChI=1S/C25H22N2O5S/c1-4-31-24(30)21-15(2)26-25-27(22(21)18-10-12-19(13-11-18)32-16(3)28)23(29)20(33-25)14-17-8-6-5-7-9-17/h5-14,22H,4H2,1-3H3/b20-14+/t22-/m1/s1. The first-order chi connectivity index (χ1) is 15.9. The van der Waals surface area contributed by atoms with Crippen molar-refractivity contribution in [3.05, 3.63) is 96.7 Å². The molecule has 0 unspecified atom stereocenters. The van der Waals surface area contributed by atoms with E-state index in [0.717, 1.165) is 5.56 Å². The predicted octanol–water partition coefficient (Wildman–Crippen LogP) is 2.72. The first-order valence-electron chi connectivity index (χ1n) is 10.4. The molecular weight excluding hydrogens is 440 g/mol. The first-order valence-corrected chi connectivity index (χ1v) is 11.2. The number of fused-ring (bicyclic) bond motifs is 1. The Morgan fingerprint density at radius 1 is 1.12 bits per heavy atom. The molecule has 0 amide bonds. The zero-order valence-electron chi connectivity index (χ0n) is 18.4. The van der Waals surface area contributed by atoms with Crippen LogP contribution in [0.1, 0.15) is 37.9 Å². The lowest BCUT2D eigenvalue weighted by molar-refractivity contribution is -0.139. The van der Waals surface area contributed by atoms with Crippen molar-refractivity contribution in [3.8, 4) is 5.75 Å². The summed E-state index contributed by atoms with van der Waals surface area (Å²) < 4.78 is 12.5. The Bertz CT molecular complexity index is 1420. The molecule has 33 heavy (non-hydrogen) atoms. The summed E-state index contributed by atoms with van der Waals surface area (Å²) in [5, 5.41) is 0. The zero-order chi connectivity index (χ0) is 23.5. The van der Waals surface area contributed by atoms with Crippen molar-refractivity contribution in [2.75, 3.05) is 6.61 Å². The number of rotatable bonds is 5. The van der Waals surface area contributed by atoms with Crippen LogP contribution in [-0.4, -0.2) is 23.1 Å². The Balaban J connectivity index is 1.90. The summed E-state index contributed by atoms with van der Waals surface area (Å²) in [6.45, 7) is 4.99. The number of nitrogens with zero attached hydrogens (tertiary/aromatic N) is 2. The van der Waals surface area contributed by atoms with E-state index < -0.39 is 18.0 Å². The molecule has 1 aliphatic heterocycles. The molecular formula is C25H22N2O5S. The number of hydrogen-bond donors (Lipinski definition) is 0. The SMILES string of the molecule is CCOC(=O)C1=C(C)N=c2s/c(=C/c3ccccc3)c(=O)n2[C@@H]1c1ccc(OC(C)=O)cc1. The summed E-state index contributed by atoms with van der Waals surface area (Å²) in [4.78, 5) is 42.7. The van der Waals surface area contributed by atoms with Crippen LogP contribution >= 0.6 is 11.3 Å². The molecule has 7 nitrogen and oxygen atoms in total. The van der Waals surface area contributed by atoms with Gasteiger partial charge in [0.05, 0.1) is 28.5 Å². The van der Waals surface area contributed by atoms with E-state index in [0.29, 0.717) is 31.9 Å². The molecule has 2 heterocycles. The van der Waals surface area contributed by atoms with Gasteiger partial charge in [0.2, 0.25) is 0 Å². The zero-order valence-corrected chi connectivity index (χ0v) is 19.2. The smallest absolute Gasteiger partial charge is 0.338 e. The molecule has 0 fully saturated rings. The van der Waals surface area contributed by atoms with Crippen molar-refractivity contribution in [1.82, 2.24) is 4.57 Å². The van der Waals surface area contributed by atoms with Crippen molar-refractivity contribution in [3.63, 3.8) is 0 Å². The molecule has 0 N–H and O–H groups in total. The van der Waals surface area contributed by atoms with Crippen LogP contribution in [-0.2, 0) is 14.3 Å². The number of benzene rings is 2. The fraction of sp³-hybridized carbons (Fsp3) is 0.200. The molecule has 0 saturated heterocycles. The highest BCUT2D eigenvalue weighted by atomic mass is 32.1. The number of aromatic nitrogens is 1. The number of ether oxygens (including phenoxy) is 2. The van der Waals surface area contributed by atoms with E-state index in [1.807, 2.05) is 36.4 Å². The normalized spacial score (nSPS) is 15.6. The first kappa shape index (κ1) is 22.4. The second-order valence-corrected chi connectivity index (χ2v) is 8.38. The fourth-order valence-electron chi connectivity index (χ4n) is 3.69. The Hall–Kier alpha value is -3.78. The van der Waals surface area contributed by atoms with Gasteiger partial charge in [-0.25, -0.2) is 9.79 Å². The lowest BCUT2D eigenvalue weighted by Crippen LogP contribution is -2.39. The summed E-state index contributed by atoms with van der Waals surface area (Å²) in [6.07, 6.45) is 1.81. The molecule has 1 aromatic heterocycles. The average molecular weight is 463 g/mol. The van der Waals surface area contributed by atoms with Gasteiger partial charge in [0, 0.05) is 6.92 Å². The van der Waals surface area contributed by atoms with Crippen LogP contribution in [0.15, 0.2) is 75.7 Å². The van der Waals surface area contributed by atoms with Gasteiger partial charge in [-0.1, -0.05) is 53.8 Å². The van der Waals surface area contributed by atoms with Gasteiger partial charge in [0.1, 0.15) is 5.75 Å². The molecule has 0 radical (unpaired) electrons. The minimum Gasteiger partial charge on any atom is -0.463 e. The van der Waals surface area contributed by atoms with Gasteiger partial charge in [-0.15, -0.1) is 0 Å². The maximum Gasteiger partial charge on any atom is 0.338 e.